The molecule has 0 saturated heterocycles. The first-order valence-corrected chi connectivity index (χ1v) is 9.11. The largest absolute Gasteiger partial charge is 0.497 e. The van der Waals surface area contributed by atoms with Crippen LogP contribution in [0.1, 0.15) is 16.1 Å². The monoisotopic (exact) mass is 449 g/mol. The van der Waals surface area contributed by atoms with Gasteiger partial charge in [0, 0.05) is 17.2 Å². The number of benzene rings is 2. The zero-order valence-corrected chi connectivity index (χ0v) is 17.0. The van der Waals surface area contributed by atoms with Crippen LogP contribution in [0.25, 0.3) is 11.3 Å². The van der Waals surface area contributed by atoms with E-state index in [2.05, 4.69) is 20.2 Å². The fourth-order valence-corrected chi connectivity index (χ4v) is 2.68. The predicted octanol–water partition coefficient (Wildman–Crippen LogP) is 3.76. The van der Waals surface area contributed by atoms with Crippen LogP contribution in [0.5, 0.6) is 17.2 Å². The molecule has 0 aliphatic carbocycles. The van der Waals surface area contributed by atoms with Crippen molar-refractivity contribution in [1.29, 1.82) is 0 Å². The van der Waals surface area contributed by atoms with Gasteiger partial charge in [-0.3, -0.25) is 14.6 Å². The van der Waals surface area contributed by atoms with Gasteiger partial charge < -0.3 is 14.2 Å². The molecule has 3 rings (SSSR count). The molecule has 0 bridgehead atoms. The van der Waals surface area contributed by atoms with Gasteiger partial charge in [0.1, 0.15) is 35.4 Å². The topological polar surface area (TPSA) is 91.8 Å². The summed E-state index contributed by atoms with van der Waals surface area (Å²) in [7, 11) is 2.79. The lowest BCUT2D eigenvalue weighted by Crippen LogP contribution is -2.25. The Labute approximate surface area is 180 Å². The number of nitrogens with zero attached hydrogens (tertiary/aromatic N) is 2. The number of hydrogen-bond donors (Lipinski definition) is 1. The molecule has 1 heterocycles. The number of ether oxygens (including phenoxy) is 3. The Bertz CT molecular complexity index is 1100. The molecule has 168 valence electrons. The Kier molecular flexibility index (Phi) is 7.45. The van der Waals surface area contributed by atoms with Gasteiger partial charge in [0.25, 0.3) is 5.91 Å². The van der Waals surface area contributed by atoms with Gasteiger partial charge >= 0.3 is 6.61 Å². The summed E-state index contributed by atoms with van der Waals surface area (Å²) >= 11 is 0. The fourth-order valence-electron chi connectivity index (χ4n) is 2.68. The van der Waals surface area contributed by atoms with Crippen molar-refractivity contribution < 1.29 is 37.0 Å². The lowest BCUT2D eigenvalue weighted by Gasteiger charge is -2.12. The van der Waals surface area contributed by atoms with Crippen molar-refractivity contribution in [2.24, 2.45) is 0 Å². The van der Waals surface area contributed by atoms with Gasteiger partial charge in [0.05, 0.1) is 32.3 Å². The summed E-state index contributed by atoms with van der Waals surface area (Å²) in [6.45, 7) is -3.23. The minimum absolute atomic E-state index is 0.0939. The van der Waals surface area contributed by atoms with Crippen LogP contribution in [0.4, 0.5) is 13.2 Å². The van der Waals surface area contributed by atoms with Crippen molar-refractivity contribution in [3.63, 3.8) is 0 Å². The number of aromatic nitrogens is 2. The maximum absolute atomic E-state index is 13.8. The average Bonchev–Trinajstić information content (AvgIpc) is 2.79. The Balaban J connectivity index is 1.71. The Morgan fingerprint density at radius 2 is 1.84 bits per heavy atom. The standard InChI is InChI=1S/C21H18F3N3O5/c1-29-13-4-6-16(22)12(7-13)11-31-27-20(28)18-10-25-9-17(26-18)15-5-3-14(32-21(23)24)8-19(15)30-2/h3-10,21H,11H2,1-2H3,(H,27,28). The number of amides is 1. The number of methoxy groups -OCH3 is 2. The summed E-state index contributed by atoms with van der Waals surface area (Å²) in [5, 5.41) is 0. The molecule has 1 aromatic heterocycles. The maximum atomic E-state index is 13.8. The summed E-state index contributed by atoms with van der Waals surface area (Å²) in [4.78, 5) is 25.6. The van der Waals surface area contributed by atoms with E-state index in [-0.39, 0.29) is 35.1 Å². The first-order chi connectivity index (χ1) is 15.4. The van der Waals surface area contributed by atoms with E-state index in [1.807, 2.05) is 0 Å². The lowest BCUT2D eigenvalue weighted by atomic mass is 10.1. The van der Waals surface area contributed by atoms with Crippen LogP contribution in [0, 0.1) is 5.82 Å². The number of alkyl halides is 2. The van der Waals surface area contributed by atoms with Gasteiger partial charge in [-0.1, -0.05) is 0 Å². The highest BCUT2D eigenvalue weighted by atomic mass is 19.3. The number of hydrogen-bond acceptors (Lipinski definition) is 7. The molecule has 0 spiro atoms. The van der Waals surface area contributed by atoms with Gasteiger partial charge in [-0.25, -0.2) is 14.9 Å². The molecule has 8 nitrogen and oxygen atoms in total. The summed E-state index contributed by atoms with van der Waals surface area (Å²) in [6, 6.07) is 8.14. The number of carbonyl (C=O) groups excluding carboxylic acids is 1. The first kappa shape index (κ1) is 22.8. The fraction of sp³-hybridized carbons (Fsp3) is 0.190. The van der Waals surface area contributed by atoms with Gasteiger partial charge in [0.2, 0.25) is 0 Å². The smallest absolute Gasteiger partial charge is 0.387 e. The van der Waals surface area contributed by atoms with E-state index in [0.29, 0.717) is 11.3 Å². The van der Waals surface area contributed by atoms with Crippen molar-refractivity contribution in [2.45, 2.75) is 13.2 Å². The Morgan fingerprint density at radius 1 is 1.06 bits per heavy atom. The third kappa shape index (κ3) is 5.64. The summed E-state index contributed by atoms with van der Waals surface area (Å²) in [5.74, 6) is -0.707. The summed E-state index contributed by atoms with van der Waals surface area (Å²) in [5.41, 5.74) is 2.90. The van der Waals surface area contributed by atoms with Gasteiger partial charge in [-0.15, -0.1) is 0 Å². The molecular weight excluding hydrogens is 431 g/mol. The molecule has 0 fully saturated rings. The Hall–Kier alpha value is -3.86. The van der Waals surface area contributed by atoms with E-state index in [0.717, 1.165) is 0 Å². The molecule has 1 N–H and O–H groups in total. The van der Waals surface area contributed by atoms with Crippen molar-refractivity contribution in [3.05, 3.63) is 65.9 Å². The van der Waals surface area contributed by atoms with E-state index >= 15 is 0 Å². The highest BCUT2D eigenvalue weighted by molar-refractivity contribution is 5.91. The van der Waals surface area contributed by atoms with Crippen molar-refractivity contribution in [3.8, 4) is 28.5 Å². The lowest BCUT2D eigenvalue weighted by molar-refractivity contribution is -0.0499. The number of halogens is 3. The van der Waals surface area contributed by atoms with E-state index < -0.39 is 18.3 Å². The molecule has 0 unspecified atom stereocenters. The van der Waals surface area contributed by atoms with Crippen LogP contribution < -0.4 is 19.7 Å². The highest BCUT2D eigenvalue weighted by Gasteiger charge is 2.15. The second kappa shape index (κ2) is 10.4. The normalized spacial score (nSPS) is 10.7. The minimum atomic E-state index is -2.98. The van der Waals surface area contributed by atoms with Crippen LogP contribution >= 0.6 is 0 Å². The van der Waals surface area contributed by atoms with E-state index in [4.69, 9.17) is 14.3 Å². The molecule has 3 aromatic rings. The van der Waals surface area contributed by atoms with Crippen LogP contribution in [-0.4, -0.2) is 36.7 Å². The molecule has 0 aliphatic rings. The van der Waals surface area contributed by atoms with Crippen molar-refractivity contribution >= 4 is 5.91 Å². The second-order valence-electron chi connectivity index (χ2n) is 6.21. The van der Waals surface area contributed by atoms with Crippen LogP contribution in [0.2, 0.25) is 0 Å². The van der Waals surface area contributed by atoms with Crippen LogP contribution in [-0.2, 0) is 11.4 Å². The van der Waals surface area contributed by atoms with E-state index in [1.54, 1.807) is 0 Å². The molecule has 32 heavy (non-hydrogen) atoms. The van der Waals surface area contributed by atoms with E-state index in [9.17, 15) is 18.0 Å². The molecule has 2 aromatic carbocycles. The van der Waals surface area contributed by atoms with Crippen LogP contribution in [0.3, 0.4) is 0 Å². The van der Waals surface area contributed by atoms with Crippen molar-refractivity contribution in [1.82, 2.24) is 15.4 Å². The summed E-state index contributed by atoms with van der Waals surface area (Å²) in [6.07, 6.45) is 2.57. The van der Waals surface area contributed by atoms with Crippen LogP contribution in [0.15, 0.2) is 48.8 Å². The highest BCUT2D eigenvalue weighted by Crippen LogP contribution is 2.32. The molecule has 0 radical (unpaired) electrons. The number of hydroxylamine groups is 1. The molecule has 0 saturated carbocycles. The average molecular weight is 449 g/mol. The number of nitrogens with one attached hydrogen (secondary N) is 1. The first-order valence-electron chi connectivity index (χ1n) is 9.11. The molecule has 11 heteroatoms. The molecule has 1 amide bonds. The number of rotatable bonds is 9. The van der Waals surface area contributed by atoms with E-state index in [1.165, 1.54) is 63.0 Å². The zero-order chi connectivity index (χ0) is 23.1. The summed E-state index contributed by atoms with van der Waals surface area (Å²) < 4.78 is 53.3. The maximum Gasteiger partial charge on any atom is 0.387 e. The Morgan fingerprint density at radius 3 is 2.56 bits per heavy atom. The van der Waals surface area contributed by atoms with Gasteiger partial charge in [-0.2, -0.15) is 8.78 Å². The van der Waals surface area contributed by atoms with Crippen molar-refractivity contribution in [2.75, 3.05) is 14.2 Å². The third-order valence-corrected chi connectivity index (χ3v) is 4.19. The number of carbonyl (C=O) groups is 1. The molecule has 0 aliphatic heterocycles. The quantitative estimate of drug-likeness (QED) is 0.498. The molecule has 0 atom stereocenters. The molecular formula is C21H18F3N3O5. The third-order valence-electron chi connectivity index (χ3n) is 4.19. The SMILES string of the molecule is COc1ccc(F)c(CONC(=O)c2cncc(-c3ccc(OC(F)F)cc3OC)n2)c1. The second-order valence-corrected chi connectivity index (χ2v) is 6.21. The predicted molar refractivity (Wildman–Crippen MR) is 106 cm³/mol. The minimum Gasteiger partial charge on any atom is -0.497 e. The van der Waals surface area contributed by atoms with Gasteiger partial charge in [-0.05, 0) is 30.3 Å². The van der Waals surface area contributed by atoms with Gasteiger partial charge in [0.15, 0.2) is 0 Å². The zero-order valence-electron chi connectivity index (χ0n) is 17.0.